The molecule has 0 bridgehead atoms. The van der Waals surface area contributed by atoms with E-state index in [-0.39, 0.29) is 5.97 Å². The quantitative estimate of drug-likeness (QED) is 0.669. The van der Waals surface area contributed by atoms with Crippen molar-refractivity contribution < 1.29 is 14.3 Å². The van der Waals surface area contributed by atoms with Crippen molar-refractivity contribution in [2.75, 3.05) is 20.2 Å². The van der Waals surface area contributed by atoms with Gasteiger partial charge >= 0.3 is 5.97 Å². The molecule has 0 aromatic carbocycles. The highest BCUT2D eigenvalue weighted by atomic mass is 16.6. The Kier molecular flexibility index (Phi) is 5.27. The lowest BCUT2D eigenvalue weighted by molar-refractivity contribution is -0.165. The molecule has 23 heavy (non-hydrogen) atoms. The van der Waals surface area contributed by atoms with E-state index in [1.54, 1.807) is 19.4 Å². The molecule has 1 saturated heterocycles. The zero-order valence-corrected chi connectivity index (χ0v) is 14.2. The monoisotopic (exact) mass is 316 g/mol. The summed E-state index contributed by atoms with van der Waals surface area (Å²) in [6.45, 7) is 7.13. The van der Waals surface area contributed by atoms with Crippen LogP contribution in [-0.2, 0) is 9.53 Å². The standard InChI is InChI=1S/C18H24N2O3/c1-17(2,3)16(21)23-18(9-11-19-12-10-18)8-7-14-5-6-15(22-4)20-13-14/h5-6,13,19H,9-12H2,1-4H3. The molecule has 1 aliphatic heterocycles. The number of piperidine rings is 1. The molecule has 0 saturated carbocycles. The largest absolute Gasteiger partial charge is 0.481 e. The fraction of sp³-hybridized carbons (Fsp3) is 0.556. The van der Waals surface area contributed by atoms with Crippen molar-refractivity contribution in [3.8, 4) is 17.7 Å². The maximum atomic E-state index is 12.3. The molecule has 124 valence electrons. The minimum atomic E-state index is -0.727. The SMILES string of the molecule is COc1ccc(C#CC2(OC(=O)C(C)(C)C)CCNCC2)cn1. The summed E-state index contributed by atoms with van der Waals surface area (Å²) >= 11 is 0. The number of nitrogens with zero attached hydrogens (tertiary/aromatic N) is 1. The second kappa shape index (κ2) is 7.01. The Morgan fingerprint density at radius 2 is 2.00 bits per heavy atom. The van der Waals surface area contributed by atoms with E-state index in [1.807, 2.05) is 26.8 Å². The number of aromatic nitrogens is 1. The lowest BCUT2D eigenvalue weighted by Gasteiger charge is -2.34. The Labute approximate surface area is 137 Å². The van der Waals surface area contributed by atoms with Gasteiger partial charge in [0.15, 0.2) is 5.60 Å². The summed E-state index contributed by atoms with van der Waals surface area (Å²) in [5.74, 6) is 6.59. The van der Waals surface area contributed by atoms with Crippen molar-refractivity contribution >= 4 is 5.97 Å². The number of nitrogens with one attached hydrogen (secondary N) is 1. The van der Waals surface area contributed by atoms with Gasteiger partial charge in [0.2, 0.25) is 5.88 Å². The number of esters is 1. The summed E-state index contributed by atoms with van der Waals surface area (Å²) in [6, 6.07) is 3.61. The van der Waals surface area contributed by atoms with E-state index in [0.717, 1.165) is 18.7 Å². The molecule has 5 heteroatoms. The number of carbonyl (C=O) groups is 1. The topological polar surface area (TPSA) is 60.5 Å². The van der Waals surface area contributed by atoms with Gasteiger partial charge in [-0.1, -0.05) is 5.92 Å². The molecule has 0 radical (unpaired) electrons. The lowest BCUT2D eigenvalue weighted by atomic mass is 9.90. The first-order valence-electron chi connectivity index (χ1n) is 7.82. The first-order chi connectivity index (χ1) is 10.8. The molecule has 1 aliphatic rings. The van der Waals surface area contributed by atoms with Gasteiger partial charge in [0.1, 0.15) is 0 Å². The smallest absolute Gasteiger partial charge is 0.312 e. The molecular formula is C18H24N2O3. The molecule has 0 aliphatic carbocycles. The maximum absolute atomic E-state index is 12.3. The number of rotatable bonds is 2. The summed E-state index contributed by atoms with van der Waals surface area (Å²) < 4.78 is 10.8. The van der Waals surface area contributed by atoms with Crippen LogP contribution >= 0.6 is 0 Å². The van der Waals surface area contributed by atoms with Gasteiger partial charge in [-0.15, -0.1) is 0 Å². The van der Waals surface area contributed by atoms with Crippen LogP contribution in [0.2, 0.25) is 0 Å². The number of ether oxygens (including phenoxy) is 2. The Morgan fingerprint density at radius 1 is 1.30 bits per heavy atom. The van der Waals surface area contributed by atoms with Crippen LogP contribution in [0.15, 0.2) is 18.3 Å². The van der Waals surface area contributed by atoms with Crippen LogP contribution < -0.4 is 10.1 Å². The van der Waals surface area contributed by atoms with Gasteiger partial charge < -0.3 is 14.8 Å². The van der Waals surface area contributed by atoms with Crippen molar-refractivity contribution in [2.45, 2.75) is 39.2 Å². The number of pyridine rings is 1. The highest BCUT2D eigenvalue weighted by Crippen LogP contribution is 2.27. The third-order valence-electron chi connectivity index (χ3n) is 3.69. The molecule has 5 nitrogen and oxygen atoms in total. The summed E-state index contributed by atoms with van der Waals surface area (Å²) in [5.41, 5.74) is -0.493. The third-order valence-corrected chi connectivity index (χ3v) is 3.69. The normalized spacial score (nSPS) is 16.9. The Balaban J connectivity index is 2.21. The van der Waals surface area contributed by atoms with Gasteiger partial charge in [-0.3, -0.25) is 4.79 Å². The molecule has 1 aromatic rings. The molecule has 0 atom stereocenters. The fourth-order valence-corrected chi connectivity index (χ4v) is 2.17. The molecular weight excluding hydrogens is 292 g/mol. The first-order valence-corrected chi connectivity index (χ1v) is 7.82. The Bertz CT molecular complexity index is 600. The van der Waals surface area contributed by atoms with Gasteiger partial charge in [0, 0.05) is 30.7 Å². The summed E-state index contributed by atoms with van der Waals surface area (Å²) in [4.78, 5) is 16.4. The molecule has 2 rings (SSSR count). The molecule has 1 N–H and O–H groups in total. The van der Waals surface area contributed by atoms with Crippen LogP contribution in [0.5, 0.6) is 5.88 Å². The maximum Gasteiger partial charge on any atom is 0.312 e. The van der Waals surface area contributed by atoms with E-state index in [1.165, 1.54) is 0 Å². The van der Waals surface area contributed by atoms with E-state index < -0.39 is 11.0 Å². The fourth-order valence-electron chi connectivity index (χ4n) is 2.17. The van der Waals surface area contributed by atoms with Crippen molar-refractivity contribution in [1.82, 2.24) is 10.3 Å². The average Bonchev–Trinajstić information content (AvgIpc) is 2.53. The molecule has 0 spiro atoms. The molecule has 1 aromatic heterocycles. The van der Waals surface area contributed by atoms with Crippen molar-refractivity contribution in [3.05, 3.63) is 23.9 Å². The number of hydrogen-bond acceptors (Lipinski definition) is 5. The van der Waals surface area contributed by atoms with Crippen LogP contribution in [0, 0.1) is 17.3 Å². The van der Waals surface area contributed by atoms with Crippen LogP contribution in [0.1, 0.15) is 39.2 Å². The van der Waals surface area contributed by atoms with Crippen molar-refractivity contribution in [2.24, 2.45) is 5.41 Å². The van der Waals surface area contributed by atoms with E-state index in [2.05, 4.69) is 22.1 Å². The summed E-state index contributed by atoms with van der Waals surface area (Å²) in [5, 5.41) is 3.28. The van der Waals surface area contributed by atoms with Crippen LogP contribution in [0.25, 0.3) is 0 Å². The van der Waals surface area contributed by atoms with Crippen LogP contribution in [-0.4, -0.2) is 36.8 Å². The summed E-state index contributed by atoms with van der Waals surface area (Å²) in [7, 11) is 1.57. The van der Waals surface area contributed by atoms with Gasteiger partial charge in [0.25, 0.3) is 0 Å². The zero-order chi connectivity index (χ0) is 16.9. The van der Waals surface area contributed by atoms with Crippen molar-refractivity contribution in [1.29, 1.82) is 0 Å². The highest BCUT2D eigenvalue weighted by molar-refractivity contribution is 5.76. The zero-order valence-electron chi connectivity index (χ0n) is 14.2. The predicted octanol–water partition coefficient (Wildman–Crippen LogP) is 2.15. The second-order valence-electron chi connectivity index (χ2n) is 6.72. The Hall–Kier alpha value is -2.06. The molecule has 2 heterocycles. The lowest BCUT2D eigenvalue weighted by Crippen LogP contribution is -2.46. The van der Waals surface area contributed by atoms with Gasteiger partial charge in [0.05, 0.1) is 12.5 Å². The number of methoxy groups -OCH3 is 1. The Morgan fingerprint density at radius 3 is 2.52 bits per heavy atom. The predicted molar refractivity (Wildman–Crippen MR) is 88.0 cm³/mol. The third kappa shape index (κ3) is 4.70. The van der Waals surface area contributed by atoms with E-state index in [0.29, 0.717) is 18.7 Å². The first kappa shape index (κ1) is 17.3. The highest BCUT2D eigenvalue weighted by Gasteiger charge is 2.37. The van der Waals surface area contributed by atoms with E-state index >= 15 is 0 Å². The van der Waals surface area contributed by atoms with E-state index in [9.17, 15) is 4.79 Å². The van der Waals surface area contributed by atoms with E-state index in [4.69, 9.17) is 9.47 Å². The van der Waals surface area contributed by atoms with Crippen molar-refractivity contribution in [3.63, 3.8) is 0 Å². The second-order valence-corrected chi connectivity index (χ2v) is 6.72. The average molecular weight is 316 g/mol. The molecule has 0 unspecified atom stereocenters. The van der Waals surface area contributed by atoms with Gasteiger partial charge in [-0.2, -0.15) is 0 Å². The number of hydrogen-bond donors (Lipinski definition) is 1. The molecule has 1 fully saturated rings. The minimum absolute atomic E-state index is 0.221. The van der Waals surface area contributed by atoms with Gasteiger partial charge in [-0.25, -0.2) is 4.98 Å². The van der Waals surface area contributed by atoms with Gasteiger partial charge in [-0.05, 0) is 45.8 Å². The van der Waals surface area contributed by atoms with Crippen LogP contribution in [0.3, 0.4) is 0 Å². The number of carbonyl (C=O) groups excluding carboxylic acids is 1. The minimum Gasteiger partial charge on any atom is -0.481 e. The molecule has 0 amide bonds. The summed E-state index contributed by atoms with van der Waals surface area (Å²) in [6.07, 6.45) is 3.03. The van der Waals surface area contributed by atoms with Crippen LogP contribution in [0.4, 0.5) is 0 Å².